The second-order valence-electron chi connectivity index (χ2n) is 2.49. The van der Waals surface area contributed by atoms with E-state index in [2.05, 4.69) is 15.9 Å². The number of hydrogen-bond acceptors (Lipinski definition) is 1. The zero-order valence-electron chi connectivity index (χ0n) is 7.03. The summed E-state index contributed by atoms with van der Waals surface area (Å²) < 4.78 is 6.20. The van der Waals surface area contributed by atoms with Crippen LogP contribution in [0.15, 0.2) is 16.6 Å². The smallest absolute Gasteiger partial charge is 0.122 e. The second-order valence-corrected chi connectivity index (χ2v) is 3.61. The molecule has 0 heterocycles. The van der Waals surface area contributed by atoms with Gasteiger partial charge in [-0.3, -0.25) is 0 Å². The molecule has 0 aliphatic rings. The van der Waals surface area contributed by atoms with Gasteiger partial charge in [0.25, 0.3) is 0 Å². The molecule has 0 amide bonds. The van der Waals surface area contributed by atoms with Crippen molar-refractivity contribution in [2.24, 2.45) is 0 Å². The predicted octanol–water partition coefficient (Wildman–Crippen LogP) is 3.50. The lowest BCUT2D eigenvalue weighted by atomic mass is 10.1. The van der Waals surface area contributed by atoms with Crippen LogP contribution >= 0.6 is 27.5 Å². The van der Waals surface area contributed by atoms with E-state index in [-0.39, 0.29) is 0 Å². The number of hydrogen-bond donors (Lipinski definition) is 0. The fourth-order valence-electron chi connectivity index (χ4n) is 1.09. The van der Waals surface area contributed by atoms with Crippen molar-refractivity contribution in [3.63, 3.8) is 0 Å². The highest BCUT2D eigenvalue weighted by Crippen LogP contribution is 2.29. The van der Waals surface area contributed by atoms with Crippen LogP contribution in [0, 0.1) is 6.92 Å². The van der Waals surface area contributed by atoms with Crippen LogP contribution in [0.2, 0.25) is 0 Å². The van der Waals surface area contributed by atoms with E-state index in [1.54, 1.807) is 7.11 Å². The van der Waals surface area contributed by atoms with Crippen molar-refractivity contribution < 1.29 is 4.74 Å². The molecule has 0 unspecified atom stereocenters. The van der Waals surface area contributed by atoms with Gasteiger partial charge in [-0.05, 0) is 30.2 Å². The predicted molar refractivity (Wildman–Crippen MR) is 55.0 cm³/mol. The summed E-state index contributed by atoms with van der Waals surface area (Å²) in [5.41, 5.74) is 2.19. The van der Waals surface area contributed by atoms with Gasteiger partial charge in [-0.25, -0.2) is 0 Å². The van der Waals surface area contributed by atoms with E-state index in [0.29, 0.717) is 5.88 Å². The fourth-order valence-corrected chi connectivity index (χ4v) is 2.16. The number of ether oxygens (including phenoxy) is 1. The van der Waals surface area contributed by atoms with Crippen LogP contribution in [-0.2, 0) is 5.88 Å². The van der Waals surface area contributed by atoms with Gasteiger partial charge in [-0.1, -0.05) is 15.9 Å². The molecule has 3 heteroatoms. The maximum absolute atomic E-state index is 5.78. The zero-order valence-corrected chi connectivity index (χ0v) is 9.37. The molecule has 0 N–H and O–H groups in total. The third kappa shape index (κ3) is 1.75. The number of rotatable bonds is 2. The summed E-state index contributed by atoms with van der Waals surface area (Å²) in [4.78, 5) is 0. The van der Waals surface area contributed by atoms with E-state index in [9.17, 15) is 0 Å². The summed E-state index contributed by atoms with van der Waals surface area (Å²) in [7, 11) is 1.66. The summed E-state index contributed by atoms with van der Waals surface area (Å²) >= 11 is 9.21. The Bertz CT molecular complexity index is 286. The normalized spacial score (nSPS) is 10.0. The molecule has 0 saturated carbocycles. The van der Waals surface area contributed by atoms with Gasteiger partial charge in [0.15, 0.2) is 0 Å². The number of benzene rings is 1. The highest BCUT2D eigenvalue weighted by atomic mass is 79.9. The molecule has 66 valence electrons. The number of alkyl halides is 1. The molecular weight excluding hydrogens is 239 g/mol. The van der Waals surface area contributed by atoms with Crippen molar-refractivity contribution in [3.8, 4) is 5.75 Å². The van der Waals surface area contributed by atoms with Crippen molar-refractivity contribution in [1.29, 1.82) is 0 Å². The summed E-state index contributed by atoms with van der Waals surface area (Å²) in [5.74, 6) is 1.39. The van der Waals surface area contributed by atoms with Crippen LogP contribution in [0.5, 0.6) is 5.75 Å². The molecule has 1 nitrogen and oxygen atoms in total. The monoisotopic (exact) mass is 248 g/mol. The van der Waals surface area contributed by atoms with Gasteiger partial charge in [0.2, 0.25) is 0 Å². The van der Waals surface area contributed by atoms with Gasteiger partial charge in [0, 0.05) is 10.4 Å². The molecule has 0 fully saturated rings. The summed E-state index contributed by atoms with van der Waals surface area (Å²) in [5, 5.41) is 0. The maximum atomic E-state index is 5.78. The third-order valence-electron chi connectivity index (χ3n) is 1.85. The van der Waals surface area contributed by atoms with E-state index in [1.165, 1.54) is 0 Å². The lowest BCUT2D eigenvalue weighted by molar-refractivity contribution is 0.411. The van der Waals surface area contributed by atoms with Gasteiger partial charge in [0.05, 0.1) is 7.11 Å². The Kier molecular flexibility index (Phi) is 3.41. The van der Waals surface area contributed by atoms with Crippen molar-refractivity contribution >= 4 is 27.5 Å². The lowest BCUT2D eigenvalue weighted by Crippen LogP contribution is -1.92. The quantitative estimate of drug-likeness (QED) is 0.729. The van der Waals surface area contributed by atoms with Crippen LogP contribution in [0.1, 0.15) is 11.1 Å². The average molecular weight is 250 g/mol. The molecule has 1 aromatic carbocycles. The highest BCUT2D eigenvalue weighted by molar-refractivity contribution is 9.10. The molecule has 0 bridgehead atoms. The first-order chi connectivity index (χ1) is 5.70. The van der Waals surface area contributed by atoms with Crippen LogP contribution in [0.3, 0.4) is 0 Å². The first-order valence-corrected chi connectivity index (χ1v) is 4.91. The van der Waals surface area contributed by atoms with Crippen LogP contribution in [-0.4, -0.2) is 7.11 Å². The van der Waals surface area contributed by atoms with Crippen molar-refractivity contribution in [1.82, 2.24) is 0 Å². The number of halogens is 2. The Labute approximate surface area is 85.8 Å². The zero-order chi connectivity index (χ0) is 9.14. The molecule has 1 rings (SSSR count). The molecule has 0 aromatic heterocycles. The first kappa shape index (κ1) is 9.87. The molecule has 0 aliphatic heterocycles. The molecule has 0 spiro atoms. The van der Waals surface area contributed by atoms with E-state index in [1.807, 2.05) is 19.1 Å². The average Bonchev–Trinajstić information content (AvgIpc) is 2.06. The second kappa shape index (κ2) is 4.15. The minimum atomic E-state index is 0.504. The van der Waals surface area contributed by atoms with Gasteiger partial charge >= 0.3 is 0 Å². The Balaban J connectivity index is 3.24. The van der Waals surface area contributed by atoms with Crippen LogP contribution in [0.25, 0.3) is 0 Å². The Morgan fingerprint density at radius 2 is 2.17 bits per heavy atom. The molecule has 0 atom stereocenters. The summed E-state index contributed by atoms with van der Waals surface area (Å²) in [6, 6.07) is 3.87. The Hall–Kier alpha value is -0.210. The SMILES string of the molecule is COc1ccc(Br)c(CCl)c1C. The first-order valence-electron chi connectivity index (χ1n) is 3.58. The topological polar surface area (TPSA) is 9.23 Å². The van der Waals surface area contributed by atoms with E-state index in [4.69, 9.17) is 16.3 Å². The van der Waals surface area contributed by atoms with Gasteiger partial charge in [0.1, 0.15) is 5.75 Å². The van der Waals surface area contributed by atoms with Gasteiger partial charge < -0.3 is 4.74 Å². The highest BCUT2D eigenvalue weighted by Gasteiger charge is 2.06. The molecule has 0 saturated heterocycles. The largest absolute Gasteiger partial charge is 0.496 e. The van der Waals surface area contributed by atoms with E-state index in [0.717, 1.165) is 21.3 Å². The molecule has 12 heavy (non-hydrogen) atoms. The number of methoxy groups -OCH3 is 1. The Morgan fingerprint density at radius 1 is 1.50 bits per heavy atom. The standard InChI is InChI=1S/C9H10BrClO/c1-6-7(5-11)8(10)3-4-9(6)12-2/h3-4H,5H2,1-2H3. The summed E-state index contributed by atoms with van der Waals surface area (Å²) in [6.07, 6.45) is 0. The van der Waals surface area contributed by atoms with Crippen LogP contribution in [0.4, 0.5) is 0 Å². The lowest BCUT2D eigenvalue weighted by Gasteiger charge is -2.09. The fraction of sp³-hybridized carbons (Fsp3) is 0.333. The summed E-state index contributed by atoms with van der Waals surface area (Å²) in [6.45, 7) is 2.00. The third-order valence-corrected chi connectivity index (χ3v) is 2.86. The van der Waals surface area contributed by atoms with Crippen molar-refractivity contribution in [2.45, 2.75) is 12.8 Å². The minimum Gasteiger partial charge on any atom is -0.496 e. The van der Waals surface area contributed by atoms with E-state index < -0.39 is 0 Å². The van der Waals surface area contributed by atoms with Crippen LogP contribution < -0.4 is 4.74 Å². The van der Waals surface area contributed by atoms with Gasteiger partial charge in [-0.15, -0.1) is 11.6 Å². The van der Waals surface area contributed by atoms with E-state index >= 15 is 0 Å². The van der Waals surface area contributed by atoms with Crippen molar-refractivity contribution in [2.75, 3.05) is 7.11 Å². The molecule has 0 aliphatic carbocycles. The minimum absolute atomic E-state index is 0.504. The molecule has 1 aromatic rings. The van der Waals surface area contributed by atoms with Gasteiger partial charge in [-0.2, -0.15) is 0 Å². The maximum Gasteiger partial charge on any atom is 0.122 e. The van der Waals surface area contributed by atoms with Crippen molar-refractivity contribution in [3.05, 3.63) is 27.7 Å². The molecule has 0 radical (unpaired) electrons. The molecular formula is C9H10BrClO. The Morgan fingerprint density at radius 3 is 2.67 bits per heavy atom.